The Bertz CT molecular complexity index is 444. The highest BCUT2D eigenvalue weighted by Crippen LogP contribution is 2.25. The molecule has 1 rings (SSSR count). The third-order valence-corrected chi connectivity index (χ3v) is 0.893. The van der Waals surface area contributed by atoms with Crippen LogP contribution in [-0.4, -0.2) is 33.1 Å². The van der Waals surface area contributed by atoms with Gasteiger partial charge in [-0.05, 0) is 24.3 Å². The Morgan fingerprint density at radius 2 is 1.33 bits per heavy atom. The molecule has 9 nitrogen and oxygen atoms in total. The normalized spacial score (nSPS) is 10.5. The van der Waals surface area contributed by atoms with Gasteiger partial charge in [0.05, 0.1) is 0 Å². The van der Waals surface area contributed by atoms with Gasteiger partial charge >= 0.3 is 7.82 Å². The summed E-state index contributed by atoms with van der Waals surface area (Å²) in [6.07, 6.45) is 0. The Balaban J connectivity index is 0. The largest absolute Gasteiger partial charge is 0.508 e. The van der Waals surface area contributed by atoms with E-state index in [1.165, 1.54) is 0 Å². The summed E-state index contributed by atoms with van der Waals surface area (Å²) in [5.74, 6) is 0.249. The molecular formula is C6H12NO8PS2. The van der Waals surface area contributed by atoms with Gasteiger partial charge in [-0.1, -0.05) is 0 Å². The molecule has 0 saturated carbocycles. The zero-order valence-electron chi connectivity index (χ0n) is 8.65. The van der Waals surface area contributed by atoms with E-state index in [0.29, 0.717) is 5.69 Å². The van der Waals surface area contributed by atoms with E-state index in [0.717, 1.165) is 0 Å². The number of hydrogen-bond acceptors (Lipinski definition) is 5. The number of anilines is 1. The van der Waals surface area contributed by atoms with Gasteiger partial charge in [-0.2, -0.15) is 4.21 Å². The van der Waals surface area contributed by atoms with Crippen molar-refractivity contribution < 1.29 is 37.7 Å². The maximum Gasteiger partial charge on any atom is 0.466 e. The molecule has 0 aliphatic heterocycles. The first-order valence-electron chi connectivity index (χ1n) is 3.81. The average molecular weight is 321 g/mol. The van der Waals surface area contributed by atoms with Crippen LogP contribution in [0.4, 0.5) is 5.69 Å². The predicted molar refractivity (Wildman–Crippen MR) is 67.5 cm³/mol. The van der Waals surface area contributed by atoms with E-state index in [2.05, 4.69) is 11.2 Å². The summed E-state index contributed by atoms with van der Waals surface area (Å²) < 4.78 is 32.8. The van der Waals surface area contributed by atoms with E-state index in [-0.39, 0.29) is 5.75 Å². The van der Waals surface area contributed by atoms with Crippen LogP contribution in [0.25, 0.3) is 0 Å². The summed E-state index contributed by atoms with van der Waals surface area (Å²) in [4.78, 5) is 21.6. The Kier molecular flexibility index (Phi) is 9.07. The molecule has 1 aromatic rings. The molecule has 0 saturated heterocycles. The highest BCUT2D eigenvalue weighted by Gasteiger charge is 2.00. The lowest BCUT2D eigenvalue weighted by Crippen LogP contribution is -1.86. The smallest absolute Gasteiger partial charge is 0.466 e. The third-order valence-electron chi connectivity index (χ3n) is 0.893. The number of aromatic hydroxyl groups is 1. The molecule has 0 spiro atoms. The molecule has 8 N–H and O–H groups in total. The lowest BCUT2D eigenvalue weighted by molar-refractivity contribution is 0.275. The molecular weight excluding hydrogens is 309 g/mol. The number of hydrogen-bond donors (Lipinski definition) is 7. The molecule has 0 amide bonds. The van der Waals surface area contributed by atoms with Crippen molar-refractivity contribution >= 4 is 33.8 Å². The van der Waals surface area contributed by atoms with Crippen LogP contribution in [0.15, 0.2) is 24.3 Å². The van der Waals surface area contributed by atoms with E-state index < -0.39 is 16.9 Å². The molecule has 0 aliphatic rings. The summed E-state index contributed by atoms with van der Waals surface area (Å²) in [6.45, 7) is 0. The molecule has 12 heteroatoms. The summed E-state index contributed by atoms with van der Waals surface area (Å²) in [6, 6.07) is 6.40. The monoisotopic (exact) mass is 321 g/mol. The Hall–Kier alpha value is -0.780. The molecule has 0 fully saturated rings. The zero-order chi connectivity index (χ0) is 15.0. The SMILES string of the molecule is Nc1ccc(O)cc1.O=P(O)(O)O.O=S(O)(O)=S. The highest BCUT2D eigenvalue weighted by molar-refractivity contribution is 8.26. The Morgan fingerprint density at radius 3 is 1.50 bits per heavy atom. The summed E-state index contributed by atoms with van der Waals surface area (Å²) >= 11 is 3.47. The number of phenols is 1. The van der Waals surface area contributed by atoms with Crippen molar-refractivity contribution in [3.05, 3.63) is 24.3 Å². The van der Waals surface area contributed by atoms with E-state index in [9.17, 15) is 0 Å². The van der Waals surface area contributed by atoms with E-state index in [4.69, 9.17) is 43.4 Å². The first-order valence-corrected chi connectivity index (χ1v) is 7.78. The lowest BCUT2D eigenvalue weighted by atomic mass is 10.3. The van der Waals surface area contributed by atoms with Crippen LogP contribution in [0.5, 0.6) is 5.75 Å². The molecule has 18 heavy (non-hydrogen) atoms. The molecule has 106 valence electrons. The van der Waals surface area contributed by atoms with Gasteiger partial charge in [-0.3, -0.25) is 9.11 Å². The average Bonchev–Trinajstić information content (AvgIpc) is 2.04. The van der Waals surface area contributed by atoms with Gasteiger partial charge in [0.1, 0.15) is 5.75 Å². The van der Waals surface area contributed by atoms with Gasteiger partial charge in [0, 0.05) is 16.9 Å². The molecule has 0 atom stereocenters. The molecule has 0 unspecified atom stereocenters. The summed E-state index contributed by atoms with van der Waals surface area (Å²) in [5.41, 5.74) is 5.98. The standard InChI is InChI=1S/C6H7NO.H3O4P.H2O3S2/c7-5-1-3-6(8)4-2-5;2*1-5(2,3)4/h1-4,8H,7H2;(H3,1,2,3,4);(H2,1,2,3,4). The van der Waals surface area contributed by atoms with Gasteiger partial charge in [0.15, 0.2) is 0 Å². The number of nitrogen functional groups attached to an aromatic ring is 1. The predicted octanol–water partition coefficient (Wildman–Crippen LogP) is -0.275. The molecule has 0 heterocycles. The summed E-state index contributed by atoms with van der Waals surface area (Å²) in [5, 5.41) is 8.70. The minimum absolute atomic E-state index is 0.249. The van der Waals surface area contributed by atoms with E-state index >= 15 is 0 Å². The second-order valence-electron chi connectivity index (χ2n) is 2.55. The van der Waals surface area contributed by atoms with Crippen LogP contribution in [-0.2, 0) is 24.8 Å². The quantitative estimate of drug-likeness (QED) is 0.191. The summed E-state index contributed by atoms with van der Waals surface area (Å²) in [7, 11) is -8.47. The van der Waals surface area contributed by atoms with Crippen LogP contribution < -0.4 is 5.73 Å². The topological polar surface area (TPSA) is 182 Å². The van der Waals surface area contributed by atoms with E-state index in [1.807, 2.05) is 0 Å². The number of phenolic OH excluding ortho intramolecular Hbond substituents is 1. The van der Waals surface area contributed by atoms with Crippen molar-refractivity contribution in [3.63, 3.8) is 0 Å². The van der Waals surface area contributed by atoms with Crippen molar-refractivity contribution in [1.82, 2.24) is 0 Å². The third kappa shape index (κ3) is 36.2. The highest BCUT2D eigenvalue weighted by atomic mass is 32.9. The van der Waals surface area contributed by atoms with Gasteiger partial charge in [-0.25, -0.2) is 4.57 Å². The molecule has 0 bridgehead atoms. The number of phosphoric acid groups is 1. The van der Waals surface area contributed by atoms with Crippen LogP contribution in [0.3, 0.4) is 0 Å². The van der Waals surface area contributed by atoms with Crippen LogP contribution in [0, 0.1) is 0 Å². The van der Waals surface area contributed by atoms with Crippen molar-refractivity contribution in [2.45, 2.75) is 0 Å². The minimum Gasteiger partial charge on any atom is -0.508 e. The first-order chi connectivity index (χ1) is 7.79. The number of rotatable bonds is 0. The minimum atomic E-state index is -4.64. The van der Waals surface area contributed by atoms with Crippen molar-refractivity contribution in [3.8, 4) is 5.75 Å². The first kappa shape index (κ1) is 19.6. The van der Waals surface area contributed by atoms with Gasteiger partial charge in [0.2, 0.25) is 0 Å². The molecule has 1 aromatic carbocycles. The number of benzene rings is 1. The maximum atomic E-state index is 9.11. The van der Waals surface area contributed by atoms with Gasteiger partial charge in [0.25, 0.3) is 9.05 Å². The molecule has 0 aromatic heterocycles. The lowest BCUT2D eigenvalue weighted by Gasteiger charge is -1.89. The van der Waals surface area contributed by atoms with Gasteiger partial charge in [-0.15, -0.1) is 0 Å². The van der Waals surface area contributed by atoms with Crippen molar-refractivity contribution in [2.24, 2.45) is 0 Å². The zero-order valence-corrected chi connectivity index (χ0v) is 11.2. The van der Waals surface area contributed by atoms with Gasteiger partial charge < -0.3 is 25.5 Å². The van der Waals surface area contributed by atoms with Crippen molar-refractivity contribution in [1.29, 1.82) is 0 Å². The van der Waals surface area contributed by atoms with Crippen LogP contribution in [0.2, 0.25) is 0 Å². The number of nitrogens with two attached hydrogens (primary N) is 1. The van der Waals surface area contributed by atoms with E-state index in [1.54, 1.807) is 24.3 Å². The van der Waals surface area contributed by atoms with Crippen LogP contribution >= 0.6 is 7.82 Å². The fourth-order valence-electron chi connectivity index (χ4n) is 0.474. The fourth-order valence-corrected chi connectivity index (χ4v) is 0.474. The fraction of sp³-hybridized carbons (Fsp3) is 0. The Labute approximate surface area is 107 Å². The molecule has 0 aliphatic carbocycles. The Morgan fingerprint density at radius 1 is 1.11 bits per heavy atom. The second-order valence-corrected chi connectivity index (χ2v) is 5.78. The molecule has 0 radical (unpaired) electrons. The maximum absolute atomic E-state index is 9.11. The van der Waals surface area contributed by atoms with Crippen LogP contribution in [0.1, 0.15) is 0 Å². The van der Waals surface area contributed by atoms with Crippen molar-refractivity contribution in [2.75, 3.05) is 5.73 Å². The second kappa shape index (κ2) is 8.34.